The van der Waals surface area contributed by atoms with Crippen molar-refractivity contribution < 1.29 is 19.4 Å². The average molecular weight is 305 g/mol. The monoisotopic (exact) mass is 305 g/mol. The molecule has 0 aromatic heterocycles. The fourth-order valence-electron chi connectivity index (χ4n) is 2.73. The number of carboxylic acid groups (broad SMARTS) is 1. The van der Waals surface area contributed by atoms with Crippen LogP contribution in [0.25, 0.3) is 0 Å². The van der Waals surface area contributed by atoms with E-state index >= 15 is 0 Å². The summed E-state index contributed by atoms with van der Waals surface area (Å²) in [7, 11) is 0. The Morgan fingerprint density at radius 3 is 2.64 bits per heavy atom. The number of hydrogen-bond acceptors (Lipinski definition) is 3. The Balaban J connectivity index is 1.77. The number of carboxylic acids is 1. The number of amides is 1. The first-order valence-electron chi connectivity index (χ1n) is 7.76. The summed E-state index contributed by atoms with van der Waals surface area (Å²) in [5.74, 6) is -1.77. The van der Waals surface area contributed by atoms with Gasteiger partial charge in [-0.3, -0.25) is 9.59 Å². The minimum absolute atomic E-state index is 0.111. The summed E-state index contributed by atoms with van der Waals surface area (Å²) in [6, 6.07) is 8.96. The Hall–Kier alpha value is -1.88. The molecule has 3 atom stereocenters. The van der Waals surface area contributed by atoms with Gasteiger partial charge in [-0.15, -0.1) is 0 Å². The highest BCUT2D eigenvalue weighted by Crippen LogP contribution is 2.22. The van der Waals surface area contributed by atoms with E-state index in [1.54, 1.807) is 24.3 Å². The van der Waals surface area contributed by atoms with Crippen molar-refractivity contribution >= 4 is 11.9 Å². The first-order chi connectivity index (χ1) is 10.6. The zero-order valence-electron chi connectivity index (χ0n) is 12.8. The molecule has 0 saturated carbocycles. The van der Waals surface area contributed by atoms with Crippen LogP contribution in [-0.4, -0.2) is 35.7 Å². The standard InChI is InChI=1S/C17H23NO4/c1-12-7-8-14(22-12)9-10-16(19)18-11-15(17(20)21)13-5-3-2-4-6-13/h2-6,12,14-15H,7-11H2,1H3,(H,18,19)(H,20,21). The molecule has 1 aliphatic rings. The molecule has 0 bridgehead atoms. The van der Waals surface area contributed by atoms with E-state index < -0.39 is 11.9 Å². The number of nitrogens with one attached hydrogen (secondary N) is 1. The minimum Gasteiger partial charge on any atom is -0.481 e. The maximum Gasteiger partial charge on any atom is 0.312 e. The van der Waals surface area contributed by atoms with Gasteiger partial charge in [0.2, 0.25) is 5.91 Å². The van der Waals surface area contributed by atoms with Crippen LogP contribution < -0.4 is 5.32 Å². The van der Waals surface area contributed by atoms with Crippen LogP contribution in [0.2, 0.25) is 0 Å². The van der Waals surface area contributed by atoms with Gasteiger partial charge in [-0.05, 0) is 31.7 Å². The van der Waals surface area contributed by atoms with Gasteiger partial charge >= 0.3 is 5.97 Å². The van der Waals surface area contributed by atoms with Crippen molar-refractivity contribution in [3.05, 3.63) is 35.9 Å². The minimum atomic E-state index is -0.931. The smallest absolute Gasteiger partial charge is 0.312 e. The Morgan fingerprint density at radius 1 is 1.32 bits per heavy atom. The highest BCUT2D eigenvalue weighted by atomic mass is 16.5. The second-order valence-electron chi connectivity index (χ2n) is 5.79. The van der Waals surface area contributed by atoms with Gasteiger partial charge in [0.1, 0.15) is 0 Å². The molecule has 0 spiro atoms. The lowest BCUT2D eigenvalue weighted by atomic mass is 9.99. The molecule has 1 aromatic carbocycles. The molecule has 2 rings (SSSR count). The lowest BCUT2D eigenvalue weighted by molar-refractivity contribution is -0.138. The molecule has 1 fully saturated rings. The molecule has 1 amide bonds. The Bertz CT molecular complexity index is 503. The van der Waals surface area contributed by atoms with Gasteiger partial charge in [0.15, 0.2) is 0 Å². The van der Waals surface area contributed by atoms with Crippen LogP contribution in [0.15, 0.2) is 30.3 Å². The quantitative estimate of drug-likeness (QED) is 0.810. The van der Waals surface area contributed by atoms with E-state index in [4.69, 9.17) is 4.74 Å². The van der Waals surface area contributed by atoms with E-state index in [2.05, 4.69) is 5.32 Å². The summed E-state index contributed by atoms with van der Waals surface area (Å²) < 4.78 is 5.67. The number of rotatable bonds is 7. The number of carbonyl (C=O) groups excluding carboxylic acids is 1. The molecule has 1 heterocycles. The third kappa shape index (κ3) is 4.84. The zero-order chi connectivity index (χ0) is 15.9. The molecule has 1 saturated heterocycles. The van der Waals surface area contributed by atoms with E-state index in [1.165, 1.54) is 0 Å². The van der Waals surface area contributed by atoms with E-state index in [9.17, 15) is 14.7 Å². The highest BCUT2D eigenvalue weighted by molar-refractivity contribution is 5.79. The number of carbonyl (C=O) groups is 2. The predicted molar refractivity (Wildman–Crippen MR) is 82.6 cm³/mol. The second kappa shape index (κ2) is 7.94. The maximum atomic E-state index is 11.9. The molecule has 0 radical (unpaired) electrons. The summed E-state index contributed by atoms with van der Waals surface area (Å²) in [6.45, 7) is 2.15. The zero-order valence-corrected chi connectivity index (χ0v) is 12.8. The average Bonchev–Trinajstić information content (AvgIpc) is 2.92. The fourth-order valence-corrected chi connectivity index (χ4v) is 2.73. The SMILES string of the molecule is CC1CCC(CCC(=O)NCC(C(=O)O)c2ccccc2)O1. The molecule has 5 nitrogen and oxygen atoms in total. The largest absolute Gasteiger partial charge is 0.481 e. The van der Waals surface area contributed by atoms with Crippen molar-refractivity contribution in [1.29, 1.82) is 0 Å². The summed E-state index contributed by atoms with van der Waals surface area (Å²) >= 11 is 0. The van der Waals surface area contributed by atoms with Crippen molar-refractivity contribution in [3.8, 4) is 0 Å². The number of benzene rings is 1. The first kappa shape index (κ1) is 16.5. The molecule has 3 unspecified atom stereocenters. The van der Waals surface area contributed by atoms with Gasteiger partial charge in [-0.1, -0.05) is 30.3 Å². The van der Waals surface area contributed by atoms with Gasteiger partial charge in [0.25, 0.3) is 0 Å². The van der Waals surface area contributed by atoms with Crippen molar-refractivity contribution in [3.63, 3.8) is 0 Å². The molecule has 120 valence electrons. The summed E-state index contributed by atoms with van der Waals surface area (Å²) in [5.41, 5.74) is 0.697. The number of ether oxygens (including phenoxy) is 1. The third-order valence-electron chi connectivity index (χ3n) is 4.02. The van der Waals surface area contributed by atoms with Gasteiger partial charge in [0.05, 0.1) is 18.1 Å². The normalized spacial score (nSPS) is 22.2. The van der Waals surface area contributed by atoms with Gasteiger partial charge in [-0.2, -0.15) is 0 Å². The third-order valence-corrected chi connectivity index (χ3v) is 4.02. The fraction of sp³-hybridized carbons (Fsp3) is 0.529. The molecular formula is C17H23NO4. The van der Waals surface area contributed by atoms with Crippen molar-refractivity contribution in [1.82, 2.24) is 5.32 Å². The lowest BCUT2D eigenvalue weighted by Gasteiger charge is -2.15. The Kier molecular flexibility index (Phi) is 5.95. The van der Waals surface area contributed by atoms with E-state index in [-0.39, 0.29) is 24.7 Å². The highest BCUT2D eigenvalue weighted by Gasteiger charge is 2.23. The summed E-state index contributed by atoms with van der Waals surface area (Å²) in [4.78, 5) is 23.2. The van der Waals surface area contributed by atoms with Crippen LogP contribution in [0.5, 0.6) is 0 Å². The first-order valence-corrected chi connectivity index (χ1v) is 7.76. The van der Waals surface area contributed by atoms with Gasteiger partial charge < -0.3 is 15.2 Å². The van der Waals surface area contributed by atoms with Crippen LogP contribution in [-0.2, 0) is 14.3 Å². The molecule has 1 aliphatic heterocycles. The number of aliphatic carboxylic acids is 1. The molecule has 1 aromatic rings. The topological polar surface area (TPSA) is 75.6 Å². The molecule has 0 aliphatic carbocycles. The lowest BCUT2D eigenvalue weighted by Crippen LogP contribution is -2.32. The molecule has 2 N–H and O–H groups in total. The van der Waals surface area contributed by atoms with Crippen LogP contribution >= 0.6 is 0 Å². The van der Waals surface area contributed by atoms with Gasteiger partial charge in [-0.25, -0.2) is 0 Å². The maximum absolute atomic E-state index is 11.9. The number of hydrogen-bond donors (Lipinski definition) is 2. The summed E-state index contributed by atoms with van der Waals surface area (Å²) in [5, 5.41) is 12.0. The summed E-state index contributed by atoms with van der Waals surface area (Å²) in [6.07, 6.45) is 3.54. The Morgan fingerprint density at radius 2 is 2.05 bits per heavy atom. The van der Waals surface area contributed by atoms with Crippen LogP contribution in [0, 0.1) is 0 Å². The van der Waals surface area contributed by atoms with E-state index in [1.807, 2.05) is 13.0 Å². The van der Waals surface area contributed by atoms with E-state index in [0.717, 1.165) is 12.8 Å². The van der Waals surface area contributed by atoms with Crippen LogP contribution in [0.3, 0.4) is 0 Å². The Labute approximate surface area is 130 Å². The van der Waals surface area contributed by atoms with Crippen LogP contribution in [0.4, 0.5) is 0 Å². The molecule has 5 heteroatoms. The van der Waals surface area contributed by atoms with Crippen molar-refractivity contribution in [2.45, 2.75) is 50.7 Å². The molecule has 22 heavy (non-hydrogen) atoms. The molecular weight excluding hydrogens is 282 g/mol. The second-order valence-corrected chi connectivity index (χ2v) is 5.79. The van der Waals surface area contributed by atoms with Crippen molar-refractivity contribution in [2.24, 2.45) is 0 Å². The van der Waals surface area contributed by atoms with Crippen LogP contribution in [0.1, 0.15) is 44.1 Å². The van der Waals surface area contributed by atoms with E-state index in [0.29, 0.717) is 18.4 Å². The van der Waals surface area contributed by atoms with Gasteiger partial charge in [0, 0.05) is 13.0 Å². The van der Waals surface area contributed by atoms with Crippen molar-refractivity contribution in [2.75, 3.05) is 6.54 Å². The predicted octanol–water partition coefficient (Wildman–Crippen LogP) is 2.32.